The van der Waals surface area contributed by atoms with E-state index in [0.717, 1.165) is 16.5 Å². The zero-order valence-corrected chi connectivity index (χ0v) is 16.3. The molecule has 2 fully saturated rings. The van der Waals surface area contributed by atoms with Crippen LogP contribution in [0.2, 0.25) is 0 Å². The van der Waals surface area contributed by atoms with Crippen molar-refractivity contribution in [3.05, 3.63) is 42.4 Å². The van der Waals surface area contributed by atoms with E-state index in [-0.39, 0.29) is 23.8 Å². The van der Waals surface area contributed by atoms with Gasteiger partial charge in [0.1, 0.15) is 17.7 Å². The van der Waals surface area contributed by atoms with Crippen molar-refractivity contribution in [3.63, 3.8) is 0 Å². The zero-order chi connectivity index (χ0) is 20.8. The molecule has 2 aliphatic rings. The number of alkyl carbamates (subject to hydrolysis) is 1. The number of carbonyl (C=O) groups excluding carboxylic acids is 2. The molecule has 152 valence electrons. The van der Waals surface area contributed by atoms with Crippen LogP contribution in [-0.4, -0.2) is 39.6 Å². The Morgan fingerprint density at radius 1 is 1.33 bits per heavy atom. The summed E-state index contributed by atoms with van der Waals surface area (Å²) in [5.41, 5.74) is 8.80. The summed E-state index contributed by atoms with van der Waals surface area (Å²) in [7, 11) is 0. The first kappa shape index (κ1) is 18.3. The summed E-state index contributed by atoms with van der Waals surface area (Å²) in [5.74, 6) is 0.550. The molecule has 1 saturated heterocycles. The Morgan fingerprint density at radius 2 is 2.20 bits per heavy atom. The Hall–Kier alpha value is -3.75. The van der Waals surface area contributed by atoms with Crippen LogP contribution in [0.4, 0.5) is 16.4 Å². The third kappa shape index (κ3) is 3.28. The highest BCUT2D eigenvalue weighted by molar-refractivity contribution is 5.98. The van der Waals surface area contributed by atoms with Crippen molar-refractivity contribution in [2.75, 3.05) is 17.6 Å². The lowest BCUT2D eigenvalue weighted by Gasteiger charge is -2.10. The minimum Gasteiger partial charge on any atom is -0.444 e. The molecular formula is C21H20N6O3. The number of hydrogen-bond acceptors (Lipinski definition) is 7. The number of anilines is 2. The Bertz CT molecular complexity index is 1180. The standard InChI is InChI=1S/C21H20N6O3/c1-10-2-3-23-7-14(10)16-4-11-5-18(24-8-15(11)19(22)26-16)27-20(28)13-6-12(13)17-9-25-21(29)30-17/h2-5,7-8,12-13,17H,6,9H2,1H3,(H2,22,26)(H,25,29)(H,24,27,28)/t12?,13?,17-/m1/s1. The highest BCUT2D eigenvalue weighted by Gasteiger charge is 2.51. The van der Waals surface area contributed by atoms with Gasteiger partial charge < -0.3 is 21.1 Å². The molecule has 1 saturated carbocycles. The minimum atomic E-state index is -0.423. The fourth-order valence-corrected chi connectivity index (χ4v) is 3.90. The van der Waals surface area contributed by atoms with E-state index in [2.05, 4.69) is 25.6 Å². The van der Waals surface area contributed by atoms with Gasteiger partial charge in [-0.1, -0.05) is 0 Å². The van der Waals surface area contributed by atoms with Gasteiger partial charge in [-0.05, 0) is 42.5 Å². The summed E-state index contributed by atoms with van der Waals surface area (Å²) in [6.07, 6.45) is 5.13. The van der Waals surface area contributed by atoms with Crippen LogP contribution in [-0.2, 0) is 9.53 Å². The first-order valence-electron chi connectivity index (χ1n) is 9.72. The van der Waals surface area contributed by atoms with E-state index in [4.69, 9.17) is 10.5 Å². The van der Waals surface area contributed by atoms with Crippen LogP contribution in [0.5, 0.6) is 0 Å². The third-order valence-electron chi connectivity index (χ3n) is 5.67. The van der Waals surface area contributed by atoms with Crippen LogP contribution in [0.1, 0.15) is 12.0 Å². The lowest BCUT2D eigenvalue weighted by Crippen LogP contribution is -2.22. The van der Waals surface area contributed by atoms with Crippen molar-refractivity contribution < 1.29 is 14.3 Å². The Kier molecular flexibility index (Phi) is 4.23. The van der Waals surface area contributed by atoms with Crippen LogP contribution in [0, 0.1) is 18.8 Å². The number of nitrogens with two attached hydrogens (primary N) is 1. The average Bonchev–Trinajstić information content (AvgIpc) is 3.42. The summed E-state index contributed by atoms with van der Waals surface area (Å²) in [5, 5.41) is 7.03. The SMILES string of the molecule is Cc1ccncc1-c1cc2cc(NC(=O)C3CC3[C@H]3CNC(=O)O3)ncc2c(N)n1. The summed E-state index contributed by atoms with van der Waals surface area (Å²) in [4.78, 5) is 36.8. The van der Waals surface area contributed by atoms with E-state index < -0.39 is 6.09 Å². The lowest BCUT2D eigenvalue weighted by atomic mass is 10.1. The summed E-state index contributed by atoms with van der Waals surface area (Å²) >= 11 is 0. The van der Waals surface area contributed by atoms with E-state index >= 15 is 0 Å². The number of ether oxygens (including phenoxy) is 1. The fourth-order valence-electron chi connectivity index (χ4n) is 3.90. The van der Waals surface area contributed by atoms with Gasteiger partial charge in [0.15, 0.2) is 0 Å². The van der Waals surface area contributed by atoms with Gasteiger partial charge in [-0.2, -0.15) is 0 Å². The molecule has 1 aliphatic heterocycles. The molecule has 3 aromatic heterocycles. The number of cyclic esters (lactones) is 1. The molecule has 4 heterocycles. The van der Waals surface area contributed by atoms with E-state index in [1.165, 1.54) is 0 Å². The Morgan fingerprint density at radius 3 is 2.97 bits per heavy atom. The van der Waals surface area contributed by atoms with Gasteiger partial charge in [-0.15, -0.1) is 0 Å². The molecule has 3 aromatic rings. The van der Waals surface area contributed by atoms with Crippen LogP contribution >= 0.6 is 0 Å². The molecule has 0 bridgehead atoms. The number of rotatable bonds is 4. The number of nitrogens with zero attached hydrogens (tertiary/aromatic N) is 3. The summed E-state index contributed by atoms with van der Waals surface area (Å²) in [6.45, 7) is 2.44. The minimum absolute atomic E-state index is 0.0457. The number of fused-ring (bicyclic) bond motifs is 1. The van der Waals surface area contributed by atoms with E-state index in [9.17, 15) is 9.59 Å². The second-order valence-corrected chi connectivity index (χ2v) is 7.69. The van der Waals surface area contributed by atoms with E-state index in [1.807, 2.05) is 19.1 Å². The van der Waals surface area contributed by atoms with Crippen molar-refractivity contribution in [3.8, 4) is 11.3 Å². The quantitative estimate of drug-likeness (QED) is 0.607. The number of pyridine rings is 3. The maximum Gasteiger partial charge on any atom is 0.407 e. The van der Waals surface area contributed by atoms with Crippen LogP contribution in [0.25, 0.3) is 22.0 Å². The molecule has 1 aliphatic carbocycles. The number of amides is 2. The predicted octanol–water partition coefficient (Wildman–Crippen LogP) is 2.27. The normalized spacial score (nSPS) is 22.4. The van der Waals surface area contributed by atoms with Gasteiger partial charge >= 0.3 is 6.09 Å². The van der Waals surface area contributed by atoms with Crippen LogP contribution in [0.15, 0.2) is 36.8 Å². The predicted molar refractivity (Wildman–Crippen MR) is 110 cm³/mol. The molecule has 2 amide bonds. The lowest BCUT2D eigenvalue weighted by molar-refractivity contribution is -0.117. The summed E-state index contributed by atoms with van der Waals surface area (Å²) < 4.78 is 5.18. The number of hydrogen-bond donors (Lipinski definition) is 3. The van der Waals surface area contributed by atoms with Crippen molar-refractivity contribution in [2.24, 2.45) is 11.8 Å². The zero-order valence-electron chi connectivity index (χ0n) is 16.3. The van der Waals surface area contributed by atoms with Crippen molar-refractivity contribution in [1.29, 1.82) is 0 Å². The van der Waals surface area contributed by atoms with Gasteiger partial charge in [0.05, 0.1) is 12.2 Å². The van der Waals surface area contributed by atoms with E-state index in [1.54, 1.807) is 24.7 Å². The number of aromatic nitrogens is 3. The molecule has 4 N–H and O–H groups in total. The van der Waals surface area contributed by atoms with Gasteiger partial charge in [-0.25, -0.2) is 14.8 Å². The van der Waals surface area contributed by atoms with Gasteiger partial charge in [-0.3, -0.25) is 9.78 Å². The molecule has 2 unspecified atom stereocenters. The van der Waals surface area contributed by atoms with Gasteiger partial charge in [0, 0.05) is 41.4 Å². The fraction of sp³-hybridized carbons (Fsp3) is 0.286. The van der Waals surface area contributed by atoms with Crippen molar-refractivity contribution in [1.82, 2.24) is 20.3 Å². The van der Waals surface area contributed by atoms with Crippen LogP contribution in [0.3, 0.4) is 0 Å². The maximum absolute atomic E-state index is 12.6. The van der Waals surface area contributed by atoms with Gasteiger partial charge in [0.2, 0.25) is 5.91 Å². The monoisotopic (exact) mass is 404 g/mol. The first-order chi connectivity index (χ1) is 14.5. The number of aryl methyl sites for hydroxylation is 1. The van der Waals surface area contributed by atoms with E-state index in [0.29, 0.717) is 35.7 Å². The molecule has 0 spiro atoms. The highest BCUT2D eigenvalue weighted by Crippen LogP contribution is 2.44. The molecule has 0 radical (unpaired) electrons. The third-order valence-corrected chi connectivity index (χ3v) is 5.67. The smallest absolute Gasteiger partial charge is 0.407 e. The molecular weight excluding hydrogens is 384 g/mol. The molecule has 30 heavy (non-hydrogen) atoms. The first-order valence-corrected chi connectivity index (χ1v) is 9.72. The molecule has 9 nitrogen and oxygen atoms in total. The summed E-state index contributed by atoms with van der Waals surface area (Å²) in [6, 6.07) is 5.62. The second-order valence-electron chi connectivity index (χ2n) is 7.69. The molecule has 3 atom stereocenters. The average molecular weight is 404 g/mol. The second kappa shape index (κ2) is 6.94. The highest BCUT2D eigenvalue weighted by atomic mass is 16.6. The Labute approximate surface area is 172 Å². The topological polar surface area (TPSA) is 132 Å². The number of nitrogens with one attached hydrogen (secondary N) is 2. The van der Waals surface area contributed by atoms with Gasteiger partial charge in [0.25, 0.3) is 0 Å². The van der Waals surface area contributed by atoms with Crippen molar-refractivity contribution in [2.45, 2.75) is 19.4 Å². The number of nitrogen functional groups attached to an aromatic ring is 1. The Balaban J connectivity index is 1.37. The molecule has 5 rings (SSSR count). The largest absolute Gasteiger partial charge is 0.444 e. The van der Waals surface area contributed by atoms with Crippen molar-refractivity contribution >= 4 is 34.4 Å². The van der Waals surface area contributed by atoms with Crippen LogP contribution < -0.4 is 16.4 Å². The number of carbonyl (C=O) groups is 2. The molecule has 0 aromatic carbocycles. The molecule has 9 heteroatoms. The maximum atomic E-state index is 12.6.